The Hall–Kier alpha value is -1.25. The van der Waals surface area contributed by atoms with Crippen molar-refractivity contribution in [1.29, 1.82) is 0 Å². The first kappa shape index (κ1) is 13.2. The second kappa shape index (κ2) is 6.07. The molecule has 1 heterocycles. The van der Waals surface area contributed by atoms with E-state index < -0.39 is 0 Å². The molecule has 1 aromatic heterocycles. The predicted molar refractivity (Wildman–Crippen MR) is 78.1 cm³/mol. The Morgan fingerprint density at radius 3 is 2.44 bits per heavy atom. The molecular formula is C15H25N3. The fourth-order valence-corrected chi connectivity index (χ4v) is 2.52. The van der Waals surface area contributed by atoms with E-state index in [9.17, 15) is 0 Å². The lowest BCUT2D eigenvalue weighted by atomic mass is 9.67. The maximum atomic E-state index is 4.28. The SMILES string of the molecule is CCCNc1cncc(NCC2(CC)CCC2)c1. The molecule has 1 aromatic rings. The van der Waals surface area contributed by atoms with Crippen molar-refractivity contribution < 1.29 is 0 Å². The number of nitrogens with one attached hydrogen (secondary N) is 2. The minimum Gasteiger partial charge on any atom is -0.384 e. The van der Waals surface area contributed by atoms with Gasteiger partial charge < -0.3 is 10.6 Å². The van der Waals surface area contributed by atoms with Gasteiger partial charge in [0.1, 0.15) is 0 Å². The third-order valence-corrected chi connectivity index (χ3v) is 4.15. The van der Waals surface area contributed by atoms with Gasteiger partial charge in [-0.1, -0.05) is 20.3 Å². The molecule has 0 amide bonds. The first-order valence-corrected chi connectivity index (χ1v) is 7.21. The smallest absolute Gasteiger partial charge is 0.0547 e. The molecule has 0 unspecified atom stereocenters. The Balaban J connectivity index is 1.88. The molecule has 1 saturated carbocycles. The van der Waals surface area contributed by atoms with Crippen molar-refractivity contribution in [3.63, 3.8) is 0 Å². The molecule has 1 aliphatic rings. The van der Waals surface area contributed by atoms with Gasteiger partial charge in [-0.25, -0.2) is 0 Å². The van der Waals surface area contributed by atoms with Crippen molar-refractivity contribution in [1.82, 2.24) is 4.98 Å². The highest BCUT2D eigenvalue weighted by atomic mass is 14.9. The van der Waals surface area contributed by atoms with E-state index in [1.807, 2.05) is 12.4 Å². The second-order valence-electron chi connectivity index (χ2n) is 5.45. The van der Waals surface area contributed by atoms with Crippen molar-refractivity contribution >= 4 is 11.4 Å². The Morgan fingerprint density at radius 2 is 1.89 bits per heavy atom. The fraction of sp³-hybridized carbons (Fsp3) is 0.667. The lowest BCUT2D eigenvalue weighted by molar-refractivity contribution is 0.145. The topological polar surface area (TPSA) is 37.0 Å². The van der Waals surface area contributed by atoms with Crippen molar-refractivity contribution in [2.45, 2.75) is 46.0 Å². The van der Waals surface area contributed by atoms with Crippen molar-refractivity contribution in [2.24, 2.45) is 5.41 Å². The molecular weight excluding hydrogens is 222 g/mol. The van der Waals surface area contributed by atoms with Gasteiger partial charge in [0.25, 0.3) is 0 Å². The lowest BCUT2D eigenvalue weighted by Gasteiger charge is -2.41. The molecule has 0 atom stereocenters. The Morgan fingerprint density at radius 1 is 1.17 bits per heavy atom. The monoisotopic (exact) mass is 247 g/mol. The minimum atomic E-state index is 0.548. The molecule has 2 rings (SSSR count). The van der Waals surface area contributed by atoms with Gasteiger partial charge in [-0.2, -0.15) is 0 Å². The third kappa shape index (κ3) is 3.15. The zero-order valence-electron chi connectivity index (χ0n) is 11.6. The standard InChI is InChI=1S/C15H25N3/c1-3-8-17-13-9-14(11-16-10-13)18-12-15(4-2)6-5-7-15/h9-11,17-18H,3-8,12H2,1-2H3. The first-order chi connectivity index (χ1) is 8.78. The number of nitrogens with zero attached hydrogens (tertiary/aromatic N) is 1. The van der Waals surface area contributed by atoms with Crippen LogP contribution in [0.3, 0.4) is 0 Å². The number of anilines is 2. The van der Waals surface area contributed by atoms with Gasteiger partial charge in [0.2, 0.25) is 0 Å². The van der Waals surface area contributed by atoms with Crippen molar-refractivity contribution in [3.8, 4) is 0 Å². The summed E-state index contributed by atoms with van der Waals surface area (Å²) in [4.78, 5) is 4.28. The molecule has 3 heteroatoms. The summed E-state index contributed by atoms with van der Waals surface area (Å²) in [6, 6.07) is 2.16. The molecule has 0 aliphatic heterocycles. The average molecular weight is 247 g/mol. The van der Waals surface area contributed by atoms with E-state index in [0.29, 0.717) is 5.41 Å². The Kier molecular flexibility index (Phi) is 4.45. The molecule has 3 nitrogen and oxygen atoms in total. The normalized spacial score (nSPS) is 17.0. The zero-order valence-corrected chi connectivity index (χ0v) is 11.6. The maximum Gasteiger partial charge on any atom is 0.0547 e. The van der Waals surface area contributed by atoms with Gasteiger partial charge >= 0.3 is 0 Å². The van der Waals surface area contributed by atoms with Crippen LogP contribution in [-0.4, -0.2) is 18.1 Å². The summed E-state index contributed by atoms with van der Waals surface area (Å²) in [5.74, 6) is 0. The van der Waals surface area contributed by atoms with Crippen LogP contribution in [0.25, 0.3) is 0 Å². The predicted octanol–water partition coefficient (Wildman–Crippen LogP) is 3.90. The highest BCUT2D eigenvalue weighted by Crippen LogP contribution is 2.43. The minimum absolute atomic E-state index is 0.548. The van der Waals surface area contributed by atoms with Crippen LogP contribution in [0.15, 0.2) is 18.5 Å². The summed E-state index contributed by atoms with van der Waals surface area (Å²) in [6.45, 7) is 6.56. The number of hydrogen-bond acceptors (Lipinski definition) is 3. The van der Waals surface area contributed by atoms with E-state index in [2.05, 4.69) is 35.5 Å². The summed E-state index contributed by atoms with van der Waals surface area (Å²) >= 11 is 0. The highest BCUT2D eigenvalue weighted by Gasteiger charge is 2.34. The van der Waals surface area contributed by atoms with E-state index in [4.69, 9.17) is 0 Å². The van der Waals surface area contributed by atoms with Gasteiger partial charge in [0.15, 0.2) is 0 Å². The molecule has 2 N–H and O–H groups in total. The molecule has 0 radical (unpaired) electrons. The summed E-state index contributed by atoms with van der Waals surface area (Å²) < 4.78 is 0. The van der Waals surface area contributed by atoms with E-state index >= 15 is 0 Å². The van der Waals surface area contributed by atoms with Crippen LogP contribution in [0.4, 0.5) is 11.4 Å². The summed E-state index contributed by atoms with van der Waals surface area (Å²) in [5, 5.41) is 6.92. The van der Waals surface area contributed by atoms with Crippen LogP contribution in [-0.2, 0) is 0 Å². The molecule has 0 saturated heterocycles. The molecule has 18 heavy (non-hydrogen) atoms. The quantitative estimate of drug-likeness (QED) is 0.767. The van der Waals surface area contributed by atoms with Crippen molar-refractivity contribution in [3.05, 3.63) is 18.5 Å². The number of rotatable bonds is 7. The van der Waals surface area contributed by atoms with E-state index in [1.54, 1.807) is 0 Å². The maximum absolute atomic E-state index is 4.28. The molecule has 0 aromatic carbocycles. The van der Waals surface area contributed by atoms with Gasteiger partial charge in [-0.05, 0) is 37.2 Å². The van der Waals surface area contributed by atoms with Crippen LogP contribution >= 0.6 is 0 Å². The highest BCUT2D eigenvalue weighted by molar-refractivity contribution is 5.54. The van der Waals surface area contributed by atoms with E-state index in [0.717, 1.165) is 30.9 Å². The van der Waals surface area contributed by atoms with Gasteiger partial charge in [-0.3, -0.25) is 4.98 Å². The van der Waals surface area contributed by atoms with E-state index in [-0.39, 0.29) is 0 Å². The van der Waals surface area contributed by atoms with Crippen LogP contribution in [0.2, 0.25) is 0 Å². The molecule has 0 spiro atoms. The van der Waals surface area contributed by atoms with Crippen molar-refractivity contribution in [2.75, 3.05) is 23.7 Å². The summed E-state index contributed by atoms with van der Waals surface area (Å²) in [6.07, 6.45) is 10.4. The van der Waals surface area contributed by atoms with Crippen LogP contribution < -0.4 is 10.6 Å². The lowest BCUT2D eigenvalue weighted by Crippen LogP contribution is -2.35. The van der Waals surface area contributed by atoms with Gasteiger partial charge in [0, 0.05) is 13.1 Å². The van der Waals surface area contributed by atoms with Crippen LogP contribution in [0, 0.1) is 5.41 Å². The third-order valence-electron chi connectivity index (χ3n) is 4.15. The number of pyridine rings is 1. The average Bonchev–Trinajstić information content (AvgIpc) is 2.36. The summed E-state index contributed by atoms with van der Waals surface area (Å²) in [7, 11) is 0. The van der Waals surface area contributed by atoms with Gasteiger partial charge in [-0.15, -0.1) is 0 Å². The largest absolute Gasteiger partial charge is 0.384 e. The molecule has 0 bridgehead atoms. The van der Waals surface area contributed by atoms with Crippen LogP contribution in [0.5, 0.6) is 0 Å². The fourth-order valence-electron chi connectivity index (χ4n) is 2.52. The Labute approximate surface area is 110 Å². The van der Waals surface area contributed by atoms with Gasteiger partial charge in [0.05, 0.1) is 23.8 Å². The zero-order chi connectivity index (χ0) is 12.8. The number of aromatic nitrogens is 1. The molecule has 1 fully saturated rings. The summed E-state index contributed by atoms with van der Waals surface area (Å²) in [5.41, 5.74) is 2.80. The second-order valence-corrected chi connectivity index (χ2v) is 5.45. The molecule has 1 aliphatic carbocycles. The Bertz CT molecular complexity index is 366. The molecule has 100 valence electrons. The van der Waals surface area contributed by atoms with E-state index in [1.165, 1.54) is 25.7 Å². The van der Waals surface area contributed by atoms with Crippen LogP contribution in [0.1, 0.15) is 46.0 Å². The first-order valence-electron chi connectivity index (χ1n) is 7.21. The number of hydrogen-bond donors (Lipinski definition) is 2.